The second-order valence-electron chi connectivity index (χ2n) is 7.87. The van der Waals surface area contributed by atoms with Crippen LogP contribution in [0.4, 0.5) is 27.6 Å². The highest BCUT2D eigenvalue weighted by Gasteiger charge is 2.30. The van der Waals surface area contributed by atoms with Crippen molar-refractivity contribution >= 4 is 17.2 Å². The molecule has 8 nitrogen and oxygen atoms in total. The van der Waals surface area contributed by atoms with E-state index >= 15 is 0 Å². The van der Waals surface area contributed by atoms with E-state index in [1.54, 1.807) is 22.0 Å². The van der Waals surface area contributed by atoms with Gasteiger partial charge in [-0.05, 0) is 24.6 Å². The van der Waals surface area contributed by atoms with Crippen LogP contribution in [0.25, 0.3) is 16.9 Å². The van der Waals surface area contributed by atoms with Crippen LogP contribution in [-0.2, 0) is 0 Å². The normalized spacial score (nSPS) is 16.2. The molecule has 4 rings (SSSR count). The van der Waals surface area contributed by atoms with E-state index in [-0.39, 0.29) is 11.3 Å². The van der Waals surface area contributed by atoms with Crippen LogP contribution in [0.15, 0.2) is 36.7 Å². The number of alkyl halides is 5. The second-order valence-corrected chi connectivity index (χ2v) is 7.87. The monoisotopic (exact) mass is 500 g/mol. The highest BCUT2D eigenvalue weighted by molar-refractivity contribution is 6.00. The van der Waals surface area contributed by atoms with E-state index in [0.29, 0.717) is 30.9 Å². The van der Waals surface area contributed by atoms with Crippen molar-refractivity contribution < 1.29 is 41.3 Å². The number of carbonyl (C=O) groups excluding carboxylic acids is 1. The maximum Gasteiger partial charge on any atom is 0.405 e. The third-order valence-corrected chi connectivity index (χ3v) is 5.50. The molecule has 2 N–H and O–H groups in total. The van der Waals surface area contributed by atoms with Gasteiger partial charge >= 0.3 is 12.8 Å². The van der Waals surface area contributed by atoms with Gasteiger partial charge in [-0.25, -0.2) is 4.98 Å². The number of imidazole rings is 1. The van der Waals surface area contributed by atoms with E-state index in [1.165, 1.54) is 12.3 Å². The van der Waals surface area contributed by atoms with E-state index in [1.807, 2.05) is 11.0 Å². The number of aromatic nitrogens is 2. The zero-order valence-corrected chi connectivity index (χ0v) is 18.4. The maximum atomic E-state index is 13.1. The predicted octanol–water partition coefficient (Wildman–Crippen LogP) is 3.47. The van der Waals surface area contributed by atoms with Gasteiger partial charge in [-0.1, -0.05) is 0 Å². The zero-order chi connectivity index (χ0) is 25.3. The van der Waals surface area contributed by atoms with Crippen LogP contribution in [0, 0.1) is 0 Å². The number of halogens is 5. The molecule has 1 atom stereocenters. The number of aliphatic hydroxyl groups excluding tert-OH is 1. The van der Waals surface area contributed by atoms with Crippen molar-refractivity contribution in [2.75, 3.05) is 31.6 Å². The van der Waals surface area contributed by atoms with Crippen molar-refractivity contribution in [3.63, 3.8) is 0 Å². The first-order valence-corrected chi connectivity index (χ1v) is 10.5. The summed E-state index contributed by atoms with van der Waals surface area (Å²) in [5, 5.41) is 11.4. The molecule has 0 aliphatic carbocycles. The fourth-order valence-corrected chi connectivity index (χ4v) is 3.94. The van der Waals surface area contributed by atoms with E-state index in [0.717, 1.165) is 18.9 Å². The Hall–Kier alpha value is -3.61. The van der Waals surface area contributed by atoms with Crippen molar-refractivity contribution in [2.24, 2.45) is 0 Å². The molecule has 1 aromatic carbocycles. The number of hydrogen-bond acceptors (Lipinski definition) is 6. The first-order chi connectivity index (χ1) is 16.6. The minimum absolute atomic E-state index is 0.254. The van der Waals surface area contributed by atoms with E-state index < -0.39 is 42.7 Å². The number of methoxy groups -OCH3 is 1. The average Bonchev–Trinajstić information content (AvgIpc) is 3.41. The van der Waals surface area contributed by atoms with Gasteiger partial charge in [-0.2, -0.15) is 22.0 Å². The first kappa shape index (κ1) is 24.5. The van der Waals surface area contributed by atoms with Crippen molar-refractivity contribution in [3.05, 3.63) is 42.2 Å². The summed E-state index contributed by atoms with van der Waals surface area (Å²) in [4.78, 5) is 18.8. The highest BCUT2D eigenvalue weighted by Crippen LogP contribution is 2.37. The van der Waals surface area contributed by atoms with Crippen molar-refractivity contribution in [1.29, 1.82) is 0 Å². The molecule has 188 valence electrons. The molecule has 13 heteroatoms. The molecule has 0 saturated carbocycles. The van der Waals surface area contributed by atoms with Gasteiger partial charge < -0.3 is 24.8 Å². The number of pyridine rings is 1. The van der Waals surface area contributed by atoms with Crippen LogP contribution < -0.4 is 19.7 Å². The number of rotatable bonds is 7. The molecule has 0 bridgehead atoms. The standard InChI is InChI=1S/C22H21F5N4O4/c1-34-16-6-12(7-17(35-21(23)24)19(16)20(33)29-11-22(25,26)27)15-9-28-18-8-13(2-5-31(15)18)30-4-3-14(32)10-30/h2,5-9,14,21,32H,3-4,10-11H2,1H3,(H,29,33)/t14-/m1/s1. The zero-order valence-electron chi connectivity index (χ0n) is 18.4. The van der Waals surface area contributed by atoms with Crippen LogP contribution in [0.2, 0.25) is 0 Å². The van der Waals surface area contributed by atoms with Crippen LogP contribution in [0.5, 0.6) is 11.5 Å². The Labute approximate surface area is 195 Å². The number of anilines is 1. The molecule has 1 aliphatic heterocycles. The van der Waals surface area contributed by atoms with Gasteiger partial charge in [0, 0.05) is 36.6 Å². The van der Waals surface area contributed by atoms with Gasteiger partial charge in [0.1, 0.15) is 29.3 Å². The molecular weight excluding hydrogens is 479 g/mol. The van der Waals surface area contributed by atoms with Crippen LogP contribution in [0.1, 0.15) is 16.8 Å². The summed E-state index contributed by atoms with van der Waals surface area (Å²) < 4.78 is 75.1. The number of amides is 1. The van der Waals surface area contributed by atoms with E-state index in [9.17, 15) is 31.9 Å². The Balaban J connectivity index is 1.73. The van der Waals surface area contributed by atoms with Crippen LogP contribution >= 0.6 is 0 Å². The lowest BCUT2D eigenvalue weighted by Gasteiger charge is -2.18. The Kier molecular flexibility index (Phi) is 6.70. The first-order valence-electron chi connectivity index (χ1n) is 10.5. The highest BCUT2D eigenvalue weighted by atomic mass is 19.4. The van der Waals surface area contributed by atoms with Gasteiger partial charge in [-0.3, -0.25) is 9.20 Å². The fourth-order valence-electron chi connectivity index (χ4n) is 3.94. The third kappa shape index (κ3) is 5.39. The minimum Gasteiger partial charge on any atom is -0.496 e. The fraction of sp³-hybridized carbons (Fsp3) is 0.364. The number of benzene rings is 1. The van der Waals surface area contributed by atoms with Gasteiger partial charge in [0.25, 0.3) is 5.91 Å². The molecule has 0 radical (unpaired) electrons. The summed E-state index contributed by atoms with van der Waals surface area (Å²) in [6.07, 6.45) is -1.27. The third-order valence-electron chi connectivity index (χ3n) is 5.50. The molecule has 1 aliphatic rings. The van der Waals surface area contributed by atoms with Crippen molar-refractivity contribution in [2.45, 2.75) is 25.3 Å². The largest absolute Gasteiger partial charge is 0.496 e. The SMILES string of the molecule is COc1cc(-c2cnc3cc(N4CC[C@@H](O)C4)ccn23)cc(OC(F)F)c1C(=O)NCC(F)(F)F. The molecule has 0 unspecified atom stereocenters. The molecule has 2 aromatic heterocycles. The molecule has 0 spiro atoms. The number of carbonyl (C=O) groups is 1. The summed E-state index contributed by atoms with van der Waals surface area (Å²) in [6.45, 7) is -3.82. The number of β-amino-alcohol motifs (C(OH)–C–C–N with tert-alkyl or cyclic N) is 1. The Morgan fingerprint density at radius 3 is 2.66 bits per heavy atom. The average molecular weight is 500 g/mol. The molecule has 1 saturated heterocycles. The second kappa shape index (κ2) is 9.56. The molecule has 1 fully saturated rings. The summed E-state index contributed by atoms with van der Waals surface area (Å²) >= 11 is 0. The number of nitrogens with one attached hydrogen (secondary N) is 1. The summed E-state index contributed by atoms with van der Waals surface area (Å²) in [5.74, 6) is -2.18. The maximum absolute atomic E-state index is 13.1. The molecule has 35 heavy (non-hydrogen) atoms. The topological polar surface area (TPSA) is 88.3 Å². The predicted molar refractivity (Wildman–Crippen MR) is 115 cm³/mol. The van der Waals surface area contributed by atoms with E-state index in [2.05, 4.69) is 9.72 Å². The summed E-state index contributed by atoms with van der Waals surface area (Å²) in [6, 6.07) is 6.05. The molecule has 3 aromatic rings. The van der Waals surface area contributed by atoms with Gasteiger partial charge in [0.2, 0.25) is 0 Å². The van der Waals surface area contributed by atoms with Gasteiger partial charge in [0.05, 0.1) is 25.1 Å². The molecular formula is C22H21F5N4O4. The van der Waals surface area contributed by atoms with Crippen molar-refractivity contribution in [1.82, 2.24) is 14.7 Å². The molecule has 1 amide bonds. The number of aliphatic hydroxyl groups is 1. The number of nitrogens with zero attached hydrogens (tertiary/aromatic N) is 3. The quantitative estimate of drug-likeness (QED) is 0.483. The Morgan fingerprint density at radius 2 is 2.03 bits per heavy atom. The lowest BCUT2D eigenvalue weighted by Crippen LogP contribution is -2.34. The number of hydrogen-bond donors (Lipinski definition) is 2. The van der Waals surface area contributed by atoms with Crippen molar-refractivity contribution in [3.8, 4) is 22.8 Å². The van der Waals surface area contributed by atoms with E-state index in [4.69, 9.17) is 4.74 Å². The van der Waals surface area contributed by atoms with Gasteiger partial charge in [0.15, 0.2) is 0 Å². The molecule has 3 heterocycles. The van der Waals surface area contributed by atoms with Crippen LogP contribution in [-0.4, -0.2) is 66.0 Å². The number of ether oxygens (including phenoxy) is 2. The smallest absolute Gasteiger partial charge is 0.405 e. The Bertz CT molecular complexity index is 1230. The minimum atomic E-state index is -4.70. The van der Waals surface area contributed by atoms with Gasteiger partial charge in [-0.15, -0.1) is 0 Å². The summed E-state index contributed by atoms with van der Waals surface area (Å²) in [5.41, 5.74) is 1.50. The summed E-state index contributed by atoms with van der Waals surface area (Å²) in [7, 11) is 1.15. The Morgan fingerprint density at radius 1 is 1.29 bits per heavy atom. The van der Waals surface area contributed by atoms with Crippen LogP contribution in [0.3, 0.4) is 0 Å². The lowest BCUT2D eigenvalue weighted by molar-refractivity contribution is -0.123. The lowest BCUT2D eigenvalue weighted by atomic mass is 10.1. The number of fused-ring (bicyclic) bond motifs is 1.